The fraction of sp³-hybridized carbons (Fsp3) is 0.0909. The van der Waals surface area contributed by atoms with Crippen molar-refractivity contribution < 1.29 is 0 Å². The Morgan fingerprint density at radius 1 is 1.17 bits per heavy atom. The summed E-state index contributed by atoms with van der Waals surface area (Å²) in [6.45, 7) is 0. The highest BCUT2D eigenvalue weighted by molar-refractivity contribution is 7.99. The molecule has 0 spiro atoms. The third-order valence-corrected chi connectivity index (χ3v) is 3.74. The van der Waals surface area contributed by atoms with Crippen LogP contribution in [0.4, 0.5) is 11.8 Å². The van der Waals surface area contributed by atoms with Gasteiger partial charge in [-0.2, -0.15) is 4.98 Å². The standard InChI is InChI=1S/C11H10Cl2N4S/c1-15-9-5-10(17-11(14)16-9)18-6-2-3-7(12)8(13)4-6/h2-5H,1H3,(H3,14,15,16,17). The maximum absolute atomic E-state index is 5.95. The Labute approximate surface area is 119 Å². The third-order valence-electron chi connectivity index (χ3n) is 2.09. The van der Waals surface area contributed by atoms with Crippen LogP contribution in [0, 0.1) is 0 Å². The zero-order valence-electron chi connectivity index (χ0n) is 9.45. The van der Waals surface area contributed by atoms with Crippen molar-refractivity contribution in [3.63, 3.8) is 0 Å². The van der Waals surface area contributed by atoms with Crippen molar-refractivity contribution in [2.75, 3.05) is 18.1 Å². The summed E-state index contributed by atoms with van der Waals surface area (Å²) in [6.07, 6.45) is 0. The predicted molar refractivity (Wildman–Crippen MR) is 76.6 cm³/mol. The van der Waals surface area contributed by atoms with E-state index in [9.17, 15) is 0 Å². The van der Waals surface area contributed by atoms with Gasteiger partial charge in [-0.05, 0) is 18.2 Å². The molecule has 0 aliphatic rings. The van der Waals surface area contributed by atoms with Gasteiger partial charge in [-0.15, -0.1) is 0 Å². The molecule has 1 heterocycles. The average molecular weight is 301 g/mol. The van der Waals surface area contributed by atoms with Crippen LogP contribution in [-0.2, 0) is 0 Å². The Bertz CT molecular complexity index is 577. The first-order valence-electron chi connectivity index (χ1n) is 5.03. The summed E-state index contributed by atoms with van der Waals surface area (Å²) in [7, 11) is 1.77. The van der Waals surface area contributed by atoms with Crippen LogP contribution < -0.4 is 11.1 Å². The molecule has 2 aromatic rings. The van der Waals surface area contributed by atoms with E-state index < -0.39 is 0 Å². The average Bonchev–Trinajstić information content (AvgIpc) is 2.33. The van der Waals surface area contributed by atoms with Gasteiger partial charge < -0.3 is 11.1 Å². The van der Waals surface area contributed by atoms with Crippen molar-refractivity contribution >= 4 is 46.7 Å². The zero-order valence-corrected chi connectivity index (χ0v) is 11.8. The number of halogens is 2. The van der Waals surface area contributed by atoms with Gasteiger partial charge in [-0.25, -0.2) is 4.98 Å². The number of hydrogen-bond donors (Lipinski definition) is 2. The van der Waals surface area contributed by atoms with E-state index in [2.05, 4.69) is 15.3 Å². The van der Waals surface area contributed by atoms with Crippen LogP contribution in [0.25, 0.3) is 0 Å². The predicted octanol–water partition coefficient (Wildman–Crippen LogP) is 3.56. The summed E-state index contributed by atoms with van der Waals surface area (Å²) >= 11 is 13.3. The molecular weight excluding hydrogens is 291 g/mol. The quantitative estimate of drug-likeness (QED) is 0.849. The van der Waals surface area contributed by atoms with Gasteiger partial charge in [0, 0.05) is 18.0 Å². The van der Waals surface area contributed by atoms with E-state index in [1.165, 1.54) is 11.8 Å². The van der Waals surface area contributed by atoms with Crippen molar-refractivity contribution in [1.29, 1.82) is 0 Å². The van der Waals surface area contributed by atoms with E-state index in [1.807, 2.05) is 12.1 Å². The number of aromatic nitrogens is 2. The van der Waals surface area contributed by atoms with Gasteiger partial charge in [0.1, 0.15) is 10.8 Å². The molecule has 94 valence electrons. The lowest BCUT2D eigenvalue weighted by Crippen LogP contribution is -2.00. The molecule has 2 rings (SSSR count). The van der Waals surface area contributed by atoms with Crippen LogP contribution in [0.1, 0.15) is 0 Å². The van der Waals surface area contributed by atoms with E-state index >= 15 is 0 Å². The molecule has 0 aliphatic carbocycles. The summed E-state index contributed by atoms with van der Waals surface area (Å²) in [4.78, 5) is 9.10. The van der Waals surface area contributed by atoms with Crippen LogP contribution in [0.15, 0.2) is 34.2 Å². The number of nitrogen functional groups attached to an aromatic ring is 1. The molecule has 7 heteroatoms. The third kappa shape index (κ3) is 3.19. The molecule has 4 nitrogen and oxygen atoms in total. The molecule has 0 amide bonds. The Morgan fingerprint density at radius 3 is 2.61 bits per heavy atom. The molecule has 0 bridgehead atoms. The van der Waals surface area contributed by atoms with E-state index in [0.717, 1.165) is 9.92 Å². The van der Waals surface area contributed by atoms with E-state index in [4.69, 9.17) is 28.9 Å². The minimum atomic E-state index is 0.226. The van der Waals surface area contributed by atoms with Crippen molar-refractivity contribution in [3.05, 3.63) is 34.3 Å². The Morgan fingerprint density at radius 2 is 1.94 bits per heavy atom. The lowest BCUT2D eigenvalue weighted by atomic mass is 10.4. The van der Waals surface area contributed by atoms with Crippen molar-refractivity contribution in [3.8, 4) is 0 Å². The lowest BCUT2D eigenvalue weighted by molar-refractivity contribution is 1.06. The second-order valence-corrected chi connectivity index (χ2v) is 5.29. The van der Waals surface area contributed by atoms with E-state index in [0.29, 0.717) is 15.9 Å². The second-order valence-electron chi connectivity index (χ2n) is 3.38. The number of nitrogens with zero attached hydrogens (tertiary/aromatic N) is 2. The van der Waals surface area contributed by atoms with Crippen LogP contribution in [0.3, 0.4) is 0 Å². The summed E-state index contributed by atoms with van der Waals surface area (Å²) in [6, 6.07) is 7.21. The molecule has 0 atom stereocenters. The first-order valence-corrected chi connectivity index (χ1v) is 6.61. The van der Waals surface area contributed by atoms with Gasteiger partial charge in [0.05, 0.1) is 10.0 Å². The summed E-state index contributed by atoms with van der Waals surface area (Å²) < 4.78 is 0. The number of rotatable bonds is 3. The molecule has 1 aromatic heterocycles. The molecule has 0 aliphatic heterocycles. The highest BCUT2D eigenvalue weighted by Crippen LogP contribution is 2.32. The smallest absolute Gasteiger partial charge is 0.223 e. The Kier molecular flexibility index (Phi) is 4.16. The Hall–Kier alpha value is -1.17. The molecule has 1 aromatic carbocycles. The first kappa shape index (κ1) is 13.3. The fourth-order valence-electron chi connectivity index (χ4n) is 1.28. The fourth-order valence-corrected chi connectivity index (χ4v) is 2.51. The summed E-state index contributed by atoms with van der Waals surface area (Å²) in [5, 5.41) is 4.70. The monoisotopic (exact) mass is 300 g/mol. The topological polar surface area (TPSA) is 63.8 Å². The highest BCUT2D eigenvalue weighted by atomic mass is 35.5. The minimum Gasteiger partial charge on any atom is -0.373 e. The SMILES string of the molecule is CNc1cc(Sc2ccc(Cl)c(Cl)c2)nc(N)n1. The van der Waals surface area contributed by atoms with Gasteiger partial charge in [-0.1, -0.05) is 35.0 Å². The van der Waals surface area contributed by atoms with Gasteiger partial charge in [-0.3, -0.25) is 0 Å². The van der Waals surface area contributed by atoms with Gasteiger partial charge >= 0.3 is 0 Å². The maximum Gasteiger partial charge on any atom is 0.223 e. The van der Waals surface area contributed by atoms with Crippen molar-refractivity contribution in [1.82, 2.24) is 9.97 Å². The van der Waals surface area contributed by atoms with E-state index in [-0.39, 0.29) is 5.95 Å². The number of nitrogens with two attached hydrogens (primary N) is 1. The molecule has 0 saturated carbocycles. The van der Waals surface area contributed by atoms with Crippen LogP contribution in [-0.4, -0.2) is 17.0 Å². The van der Waals surface area contributed by atoms with Crippen LogP contribution in [0.2, 0.25) is 10.0 Å². The van der Waals surface area contributed by atoms with Crippen molar-refractivity contribution in [2.45, 2.75) is 9.92 Å². The lowest BCUT2D eigenvalue weighted by Gasteiger charge is -2.05. The molecule has 18 heavy (non-hydrogen) atoms. The van der Waals surface area contributed by atoms with E-state index in [1.54, 1.807) is 19.2 Å². The summed E-state index contributed by atoms with van der Waals surface area (Å²) in [5.41, 5.74) is 5.62. The van der Waals surface area contributed by atoms with Gasteiger partial charge in [0.2, 0.25) is 5.95 Å². The number of nitrogens with one attached hydrogen (secondary N) is 1. The molecule has 3 N–H and O–H groups in total. The molecular formula is C11H10Cl2N4S. The van der Waals surface area contributed by atoms with Crippen molar-refractivity contribution in [2.24, 2.45) is 0 Å². The minimum absolute atomic E-state index is 0.226. The molecule has 0 unspecified atom stereocenters. The Balaban J connectivity index is 2.27. The normalized spacial score (nSPS) is 10.4. The van der Waals surface area contributed by atoms with Crippen LogP contribution >= 0.6 is 35.0 Å². The first-order chi connectivity index (χ1) is 8.58. The van der Waals surface area contributed by atoms with Crippen LogP contribution in [0.5, 0.6) is 0 Å². The molecule has 0 radical (unpaired) electrons. The largest absolute Gasteiger partial charge is 0.373 e. The molecule has 0 fully saturated rings. The number of anilines is 2. The summed E-state index contributed by atoms with van der Waals surface area (Å²) in [5.74, 6) is 0.898. The molecule has 0 saturated heterocycles. The zero-order chi connectivity index (χ0) is 13.1. The maximum atomic E-state index is 5.95. The number of benzene rings is 1. The number of hydrogen-bond acceptors (Lipinski definition) is 5. The second kappa shape index (κ2) is 5.65. The van der Waals surface area contributed by atoms with Gasteiger partial charge in [0.15, 0.2) is 0 Å². The highest BCUT2D eigenvalue weighted by Gasteiger charge is 2.05. The van der Waals surface area contributed by atoms with Gasteiger partial charge in [0.25, 0.3) is 0 Å².